The number of amides is 2. The number of carbonyl (C=O) groups is 2. The fraction of sp³-hybridized carbons (Fsp3) is 0.478. The molecular weight excluding hydrogens is 364 g/mol. The third-order valence-electron chi connectivity index (χ3n) is 6.13. The van der Waals surface area contributed by atoms with Crippen molar-refractivity contribution in [1.82, 2.24) is 14.9 Å². The molecule has 6 heteroatoms. The molecule has 1 aromatic carbocycles. The van der Waals surface area contributed by atoms with Crippen LogP contribution in [0.15, 0.2) is 30.3 Å². The number of fused-ring (bicyclic) bond motifs is 1. The van der Waals surface area contributed by atoms with Crippen molar-refractivity contribution >= 4 is 17.6 Å². The van der Waals surface area contributed by atoms with Crippen LogP contribution >= 0.6 is 0 Å². The molecular formula is C23H28N4O2. The number of carbonyl (C=O) groups excluding carboxylic acids is 2. The van der Waals surface area contributed by atoms with Crippen LogP contribution in [0.1, 0.15) is 54.7 Å². The minimum absolute atomic E-state index is 0.128. The Morgan fingerprint density at radius 3 is 2.52 bits per heavy atom. The zero-order valence-electron chi connectivity index (χ0n) is 17.2. The van der Waals surface area contributed by atoms with Gasteiger partial charge >= 0.3 is 0 Å². The van der Waals surface area contributed by atoms with Crippen molar-refractivity contribution in [2.75, 3.05) is 24.5 Å². The molecule has 3 heterocycles. The van der Waals surface area contributed by atoms with E-state index in [1.54, 1.807) is 6.92 Å². The molecule has 0 bridgehead atoms. The maximum absolute atomic E-state index is 12.7. The number of hydrogen-bond acceptors (Lipinski definition) is 4. The number of nitrogens with zero attached hydrogens (tertiary/aromatic N) is 4. The zero-order chi connectivity index (χ0) is 20.4. The minimum Gasteiger partial charge on any atom is -0.343 e. The molecule has 0 N–H and O–H groups in total. The highest BCUT2D eigenvalue weighted by molar-refractivity contribution is 5.95. The lowest BCUT2D eigenvalue weighted by atomic mass is 9.95. The number of aromatic nitrogens is 2. The second-order valence-electron chi connectivity index (χ2n) is 8.03. The van der Waals surface area contributed by atoms with Crippen molar-refractivity contribution in [3.63, 3.8) is 0 Å². The number of anilines is 1. The van der Waals surface area contributed by atoms with Crippen molar-refractivity contribution in [2.45, 2.75) is 51.9 Å². The predicted molar refractivity (Wildman–Crippen MR) is 112 cm³/mol. The molecule has 0 aliphatic carbocycles. The molecule has 2 amide bonds. The van der Waals surface area contributed by atoms with Gasteiger partial charge in [0.2, 0.25) is 11.8 Å². The summed E-state index contributed by atoms with van der Waals surface area (Å²) in [6.45, 7) is 5.77. The van der Waals surface area contributed by atoms with Crippen LogP contribution in [0, 0.1) is 6.92 Å². The number of likely N-dealkylation sites (tertiary alicyclic amines) is 1. The number of rotatable bonds is 4. The van der Waals surface area contributed by atoms with E-state index in [4.69, 9.17) is 9.97 Å². The summed E-state index contributed by atoms with van der Waals surface area (Å²) in [6.07, 6.45) is 3.78. The van der Waals surface area contributed by atoms with Gasteiger partial charge < -0.3 is 4.90 Å². The normalized spacial score (nSPS) is 17.4. The van der Waals surface area contributed by atoms with Gasteiger partial charge in [0.05, 0.1) is 0 Å². The van der Waals surface area contributed by atoms with Gasteiger partial charge in [-0.15, -0.1) is 0 Å². The highest BCUT2D eigenvalue weighted by Gasteiger charge is 2.30. The van der Waals surface area contributed by atoms with Gasteiger partial charge in [-0.1, -0.05) is 30.3 Å². The molecule has 0 unspecified atom stereocenters. The Morgan fingerprint density at radius 1 is 1.10 bits per heavy atom. The quantitative estimate of drug-likeness (QED) is 0.802. The molecule has 6 nitrogen and oxygen atoms in total. The Morgan fingerprint density at radius 2 is 1.83 bits per heavy atom. The molecule has 0 radical (unpaired) electrons. The van der Waals surface area contributed by atoms with E-state index < -0.39 is 0 Å². The lowest BCUT2D eigenvalue weighted by Crippen LogP contribution is -2.39. The molecule has 1 fully saturated rings. The molecule has 1 aromatic heterocycles. The van der Waals surface area contributed by atoms with Gasteiger partial charge in [0, 0.05) is 50.2 Å². The van der Waals surface area contributed by atoms with Gasteiger partial charge in [-0.3, -0.25) is 14.5 Å². The minimum atomic E-state index is 0.128. The summed E-state index contributed by atoms with van der Waals surface area (Å²) in [5.74, 6) is 2.13. The first-order valence-corrected chi connectivity index (χ1v) is 10.5. The highest BCUT2D eigenvalue weighted by Crippen LogP contribution is 2.32. The summed E-state index contributed by atoms with van der Waals surface area (Å²) in [7, 11) is 0. The van der Waals surface area contributed by atoms with Crippen molar-refractivity contribution < 1.29 is 9.59 Å². The Bertz CT molecular complexity index is 905. The molecule has 4 rings (SSSR count). The van der Waals surface area contributed by atoms with Crippen LogP contribution in [-0.2, 0) is 22.4 Å². The molecule has 1 saturated heterocycles. The van der Waals surface area contributed by atoms with E-state index in [0.717, 1.165) is 55.3 Å². The van der Waals surface area contributed by atoms with E-state index in [1.807, 2.05) is 34.9 Å². The summed E-state index contributed by atoms with van der Waals surface area (Å²) in [4.78, 5) is 37.8. The summed E-state index contributed by atoms with van der Waals surface area (Å²) in [5, 5.41) is 0. The summed E-state index contributed by atoms with van der Waals surface area (Å²) < 4.78 is 0. The zero-order valence-corrected chi connectivity index (χ0v) is 17.2. The van der Waals surface area contributed by atoms with Gasteiger partial charge in [0.15, 0.2) is 0 Å². The predicted octanol–water partition coefficient (Wildman–Crippen LogP) is 3.03. The lowest BCUT2D eigenvalue weighted by molar-refractivity contribution is -0.129. The third-order valence-corrected chi connectivity index (χ3v) is 6.13. The van der Waals surface area contributed by atoms with E-state index in [2.05, 4.69) is 12.1 Å². The number of hydrogen-bond donors (Lipinski definition) is 0. The third kappa shape index (κ3) is 4.16. The van der Waals surface area contributed by atoms with Gasteiger partial charge in [0.25, 0.3) is 0 Å². The Balaban J connectivity index is 1.57. The maximum atomic E-state index is 12.7. The van der Waals surface area contributed by atoms with E-state index in [9.17, 15) is 9.59 Å². The van der Waals surface area contributed by atoms with Crippen LogP contribution in [-0.4, -0.2) is 46.3 Å². The van der Waals surface area contributed by atoms with E-state index >= 15 is 0 Å². The van der Waals surface area contributed by atoms with E-state index in [0.29, 0.717) is 19.4 Å². The number of piperidine rings is 1. The molecule has 29 heavy (non-hydrogen) atoms. The Kier molecular flexibility index (Phi) is 5.60. The monoisotopic (exact) mass is 392 g/mol. The largest absolute Gasteiger partial charge is 0.343 e. The summed E-state index contributed by atoms with van der Waals surface area (Å²) >= 11 is 0. The molecule has 152 valence electrons. The van der Waals surface area contributed by atoms with Crippen LogP contribution in [0.4, 0.5) is 5.82 Å². The Labute approximate surface area is 172 Å². The smallest absolute Gasteiger partial charge is 0.228 e. The van der Waals surface area contributed by atoms with Crippen LogP contribution in [0.2, 0.25) is 0 Å². The molecule has 0 atom stereocenters. The first-order chi connectivity index (χ1) is 14.0. The summed E-state index contributed by atoms with van der Waals surface area (Å²) in [5.41, 5.74) is 3.30. The number of aryl methyl sites for hydroxylation is 1. The maximum Gasteiger partial charge on any atom is 0.228 e. The van der Waals surface area contributed by atoms with Gasteiger partial charge in [-0.25, -0.2) is 9.97 Å². The molecule has 2 aromatic rings. The standard InChI is InChI=1S/C23H28N4O2/c1-16-20-8-9-21(29)27(15-10-18-6-4-3-5-7-18)23(20)25-22(24-16)19-11-13-26(14-12-19)17(2)28/h3-7,19H,8-15H2,1-2H3. The van der Waals surface area contributed by atoms with Crippen molar-refractivity contribution in [3.05, 3.63) is 53.0 Å². The van der Waals surface area contributed by atoms with E-state index in [-0.39, 0.29) is 17.7 Å². The van der Waals surface area contributed by atoms with Crippen molar-refractivity contribution in [3.8, 4) is 0 Å². The SMILES string of the molecule is CC(=O)N1CCC(c2nc(C)c3c(n2)N(CCc2ccccc2)C(=O)CC3)CC1. The van der Waals surface area contributed by atoms with Gasteiger partial charge in [-0.2, -0.15) is 0 Å². The van der Waals surface area contributed by atoms with Gasteiger partial charge in [-0.05, 0) is 38.2 Å². The lowest BCUT2D eigenvalue weighted by Gasteiger charge is -2.33. The average molecular weight is 393 g/mol. The topological polar surface area (TPSA) is 66.4 Å². The molecule has 0 spiro atoms. The van der Waals surface area contributed by atoms with Crippen molar-refractivity contribution in [2.24, 2.45) is 0 Å². The molecule has 2 aliphatic heterocycles. The first-order valence-electron chi connectivity index (χ1n) is 10.5. The van der Waals surface area contributed by atoms with Crippen molar-refractivity contribution in [1.29, 1.82) is 0 Å². The summed E-state index contributed by atoms with van der Waals surface area (Å²) in [6, 6.07) is 10.2. The highest BCUT2D eigenvalue weighted by atomic mass is 16.2. The van der Waals surface area contributed by atoms with Gasteiger partial charge in [0.1, 0.15) is 11.6 Å². The van der Waals surface area contributed by atoms with Crippen LogP contribution in [0.3, 0.4) is 0 Å². The Hall–Kier alpha value is -2.76. The van der Waals surface area contributed by atoms with Crippen LogP contribution in [0.5, 0.6) is 0 Å². The average Bonchev–Trinajstić information content (AvgIpc) is 2.73. The fourth-order valence-corrected chi connectivity index (χ4v) is 4.35. The van der Waals surface area contributed by atoms with E-state index in [1.165, 1.54) is 5.56 Å². The second-order valence-corrected chi connectivity index (χ2v) is 8.03. The fourth-order valence-electron chi connectivity index (χ4n) is 4.35. The van der Waals surface area contributed by atoms with Crippen LogP contribution < -0.4 is 4.90 Å². The van der Waals surface area contributed by atoms with Crippen LogP contribution in [0.25, 0.3) is 0 Å². The number of benzene rings is 1. The molecule has 0 saturated carbocycles. The molecule has 2 aliphatic rings. The first kappa shape index (κ1) is 19.6. The second kappa shape index (κ2) is 8.31.